The van der Waals surface area contributed by atoms with Crippen molar-refractivity contribution in [3.05, 3.63) is 112 Å². The van der Waals surface area contributed by atoms with Crippen molar-refractivity contribution < 1.29 is 18.2 Å². The number of nitro benzene ring substituents is 1. The molecule has 1 aliphatic rings. The Morgan fingerprint density at radius 2 is 1.56 bits per heavy atom. The molecule has 0 aliphatic carbocycles. The summed E-state index contributed by atoms with van der Waals surface area (Å²) in [4.78, 5) is 16.0. The van der Waals surface area contributed by atoms with Gasteiger partial charge in [-0.3, -0.25) is 10.1 Å². The molecule has 2 atom stereocenters. The van der Waals surface area contributed by atoms with E-state index in [0.29, 0.717) is 24.8 Å². The van der Waals surface area contributed by atoms with Crippen molar-refractivity contribution in [3.63, 3.8) is 0 Å². The van der Waals surface area contributed by atoms with Crippen molar-refractivity contribution in [1.82, 2.24) is 4.72 Å². The molecule has 0 radical (unpaired) electrons. The fourth-order valence-corrected chi connectivity index (χ4v) is 5.33. The second-order valence-electron chi connectivity index (χ2n) is 8.26. The second-order valence-corrected chi connectivity index (χ2v) is 10.0. The number of hydrogen-bond donors (Lipinski definition) is 1. The number of hydrogen-bond acceptors (Lipinski definition) is 6. The summed E-state index contributed by atoms with van der Waals surface area (Å²) in [5.41, 5.74) is 3.33. The monoisotopic (exact) mass is 479 g/mol. The quantitative estimate of drug-likeness (QED) is 0.349. The van der Waals surface area contributed by atoms with E-state index in [9.17, 15) is 18.5 Å². The first-order chi connectivity index (χ1) is 16.4. The molecule has 4 rings (SSSR count). The van der Waals surface area contributed by atoms with Gasteiger partial charge in [-0.1, -0.05) is 78.0 Å². The minimum absolute atomic E-state index is 0.0847. The molecule has 0 saturated carbocycles. The first-order valence-electron chi connectivity index (χ1n) is 10.9. The van der Waals surface area contributed by atoms with Crippen LogP contribution in [0.4, 0.5) is 5.69 Å². The zero-order valence-corrected chi connectivity index (χ0v) is 19.2. The third-order valence-electron chi connectivity index (χ3n) is 5.59. The van der Waals surface area contributed by atoms with Crippen LogP contribution in [-0.2, 0) is 33.5 Å². The van der Waals surface area contributed by atoms with Gasteiger partial charge in [-0.15, -0.1) is 0 Å². The zero-order chi connectivity index (χ0) is 24.0. The maximum absolute atomic E-state index is 13.0. The Bertz CT molecular complexity index is 1250. The van der Waals surface area contributed by atoms with Crippen LogP contribution in [0.3, 0.4) is 0 Å². The van der Waals surface area contributed by atoms with Crippen LogP contribution in [0.5, 0.6) is 0 Å². The van der Waals surface area contributed by atoms with E-state index in [1.807, 2.05) is 60.7 Å². The molecule has 0 spiro atoms. The van der Waals surface area contributed by atoms with Crippen molar-refractivity contribution >= 4 is 21.4 Å². The van der Waals surface area contributed by atoms with Gasteiger partial charge >= 0.3 is 0 Å². The van der Waals surface area contributed by atoms with Crippen molar-refractivity contribution in [2.24, 2.45) is 5.16 Å². The third-order valence-corrected chi connectivity index (χ3v) is 6.96. The highest BCUT2D eigenvalue weighted by Crippen LogP contribution is 2.21. The van der Waals surface area contributed by atoms with E-state index in [1.54, 1.807) is 0 Å². The lowest BCUT2D eigenvalue weighted by Crippen LogP contribution is -2.45. The molecular formula is C25H25N3O5S. The Hall–Kier alpha value is -3.56. The number of oxime groups is 1. The van der Waals surface area contributed by atoms with Gasteiger partial charge in [0.1, 0.15) is 6.10 Å². The van der Waals surface area contributed by atoms with E-state index in [0.717, 1.165) is 16.8 Å². The predicted molar refractivity (Wildman–Crippen MR) is 130 cm³/mol. The Kier molecular flexibility index (Phi) is 7.34. The van der Waals surface area contributed by atoms with Gasteiger partial charge in [-0.25, -0.2) is 13.1 Å². The normalized spacial score (nSPS) is 16.5. The molecule has 1 N–H and O–H groups in total. The maximum Gasteiger partial charge on any atom is 0.269 e. The zero-order valence-electron chi connectivity index (χ0n) is 18.4. The van der Waals surface area contributed by atoms with Gasteiger partial charge in [0, 0.05) is 25.0 Å². The van der Waals surface area contributed by atoms with Crippen LogP contribution in [0.2, 0.25) is 0 Å². The minimum atomic E-state index is -3.75. The molecule has 1 heterocycles. The topological polar surface area (TPSA) is 111 Å². The highest BCUT2D eigenvalue weighted by atomic mass is 32.2. The van der Waals surface area contributed by atoms with Crippen molar-refractivity contribution in [2.75, 3.05) is 0 Å². The average molecular weight is 480 g/mol. The first kappa shape index (κ1) is 23.6. The summed E-state index contributed by atoms with van der Waals surface area (Å²) in [7, 11) is -3.75. The molecule has 0 bridgehead atoms. The van der Waals surface area contributed by atoms with Gasteiger partial charge in [0.15, 0.2) is 0 Å². The molecule has 0 saturated heterocycles. The van der Waals surface area contributed by atoms with Crippen molar-refractivity contribution in [2.45, 2.75) is 37.2 Å². The van der Waals surface area contributed by atoms with Crippen LogP contribution >= 0.6 is 0 Å². The number of non-ortho nitro benzene ring substituents is 1. The molecule has 2 unspecified atom stereocenters. The SMILES string of the molecule is O=[N+]([O-])c1ccc(CS(=O)(=O)NC(Cc2ccccc2)C2CC(Cc3ccccc3)=NO2)cc1. The third kappa shape index (κ3) is 6.49. The lowest BCUT2D eigenvalue weighted by molar-refractivity contribution is -0.384. The van der Waals surface area contributed by atoms with E-state index in [-0.39, 0.29) is 11.4 Å². The Morgan fingerprint density at radius 1 is 0.941 bits per heavy atom. The Morgan fingerprint density at radius 3 is 2.18 bits per heavy atom. The number of benzene rings is 3. The average Bonchev–Trinajstić information content (AvgIpc) is 3.28. The lowest BCUT2D eigenvalue weighted by atomic mass is 9.97. The van der Waals surface area contributed by atoms with Crippen LogP contribution < -0.4 is 4.72 Å². The highest BCUT2D eigenvalue weighted by molar-refractivity contribution is 7.88. The maximum atomic E-state index is 13.0. The summed E-state index contributed by atoms with van der Waals surface area (Å²) < 4.78 is 28.8. The van der Waals surface area contributed by atoms with Crippen LogP contribution in [0.25, 0.3) is 0 Å². The smallest absolute Gasteiger partial charge is 0.269 e. The minimum Gasteiger partial charge on any atom is -0.390 e. The van der Waals surface area contributed by atoms with Crippen LogP contribution in [-0.4, -0.2) is 31.2 Å². The molecule has 1 aliphatic heterocycles. The lowest BCUT2D eigenvalue weighted by Gasteiger charge is -2.23. The van der Waals surface area contributed by atoms with Crippen LogP contribution in [0.1, 0.15) is 23.1 Å². The molecule has 3 aromatic rings. The summed E-state index contributed by atoms with van der Waals surface area (Å²) in [6.45, 7) is 0. The van der Waals surface area contributed by atoms with Crippen molar-refractivity contribution in [3.8, 4) is 0 Å². The highest BCUT2D eigenvalue weighted by Gasteiger charge is 2.33. The Balaban J connectivity index is 1.46. The predicted octanol–water partition coefficient (Wildman–Crippen LogP) is 4.01. The fraction of sp³-hybridized carbons (Fsp3) is 0.240. The molecule has 9 heteroatoms. The van der Waals surface area contributed by atoms with Crippen LogP contribution in [0.15, 0.2) is 90.1 Å². The largest absolute Gasteiger partial charge is 0.390 e. The molecule has 0 aromatic heterocycles. The van der Waals surface area contributed by atoms with Gasteiger partial charge in [0.05, 0.1) is 22.4 Å². The standard InChI is InChI=1S/C25H25N3O5S/c29-28(30)23-13-11-21(12-14-23)18-34(31,32)27-24(16-20-9-5-2-6-10-20)25-17-22(26-33-25)15-19-7-3-1-4-8-19/h1-14,24-25,27H,15-18H2. The molecular weight excluding hydrogens is 454 g/mol. The van der Waals surface area contributed by atoms with E-state index >= 15 is 0 Å². The van der Waals surface area contributed by atoms with E-state index in [1.165, 1.54) is 24.3 Å². The number of nitro groups is 1. The summed E-state index contributed by atoms with van der Waals surface area (Å²) in [5, 5.41) is 15.1. The molecule has 34 heavy (non-hydrogen) atoms. The molecule has 3 aromatic carbocycles. The van der Waals surface area contributed by atoms with Crippen LogP contribution in [0, 0.1) is 10.1 Å². The summed E-state index contributed by atoms with van der Waals surface area (Å²) in [5.74, 6) is -0.291. The number of sulfonamides is 1. The second kappa shape index (κ2) is 10.6. The molecule has 0 amide bonds. The molecule has 8 nitrogen and oxygen atoms in total. The van der Waals surface area contributed by atoms with Crippen molar-refractivity contribution in [1.29, 1.82) is 0 Å². The van der Waals surface area contributed by atoms with E-state index < -0.39 is 27.1 Å². The van der Waals surface area contributed by atoms with Gasteiger partial charge in [0.2, 0.25) is 10.0 Å². The summed E-state index contributed by atoms with van der Waals surface area (Å²) in [6.07, 6.45) is 1.17. The number of rotatable bonds is 10. The van der Waals surface area contributed by atoms with Gasteiger partial charge in [0.25, 0.3) is 5.69 Å². The molecule has 0 fully saturated rings. The number of nitrogens with zero attached hydrogens (tertiary/aromatic N) is 2. The molecule has 176 valence electrons. The van der Waals surface area contributed by atoms with Gasteiger partial charge < -0.3 is 4.84 Å². The van der Waals surface area contributed by atoms with E-state index in [4.69, 9.17) is 4.84 Å². The van der Waals surface area contributed by atoms with E-state index in [2.05, 4.69) is 9.88 Å². The Labute approximate surface area is 198 Å². The van der Waals surface area contributed by atoms with Gasteiger partial charge in [-0.05, 0) is 23.1 Å². The number of nitrogens with one attached hydrogen (secondary N) is 1. The first-order valence-corrected chi connectivity index (χ1v) is 12.6. The summed E-state index contributed by atoms with van der Waals surface area (Å²) >= 11 is 0. The summed E-state index contributed by atoms with van der Waals surface area (Å²) in [6, 6.07) is 24.5. The van der Waals surface area contributed by atoms with Gasteiger partial charge in [-0.2, -0.15) is 0 Å². The fourth-order valence-electron chi connectivity index (χ4n) is 3.92.